The van der Waals surface area contributed by atoms with Gasteiger partial charge < -0.3 is 14.0 Å². The summed E-state index contributed by atoms with van der Waals surface area (Å²) in [6, 6.07) is 12.5. The Kier molecular flexibility index (Phi) is 3.26. The molecule has 0 saturated carbocycles. The standard InChI is InChI=1S/C17H19NO2/c1-4-9-18-16-7-5-12(19-2)10-14(16)15-11-13(20-3)6-8-17(15)18/h5-8,10-11H,4,9H2,1-3H3. The first-order chi connectivity index (χ1) is 9.78. The van der Waals surface area contributed by atoms with Crippen LogP contribution in [0.3, 0.4) is 0 Å². The quantitative estimate of drug-likeness (QED) is 0.708. The van der Waals surface area contributed by atoms with Gasteiger partial charge in [-0.25, -0.2) is 0 Å². The van der Waals surface area contributed by atoms with Gasteiger partial charge in [0, 0.05) is 28.4 Å². The summed E-state index contributed by atoms with van der Waals surface area (Å²) in [5.74, 6) is 1.77. The number of ether oxygens (including phenoxy) is 2. The van der Waals surface area contributed by atoms with E-state index in [0.29, 0.717) is 0 Å². The number of hydrogen-bond donors (Lipinski definition) is 0. The number of aryl methyl sites for hydroxylation is 1. The van der Waals surface area contributed by atoms with Crippen molar-refractivity contribution in [1.29, 1.82) is 0 Å². The summed E-state index contributed by atoms with van der Waals surface area (Å²) in [5, 5.41) is 2.43. The van der Waals surface area contributed by atoms with Crippen molar-refractivity contribution in [2.75, 3.05) is 14.2 Å². The molecule has 20 heavy (non-hydrogen) atoms. The Morgan fingerprint density at radius 2 is 1.35 bits per heavy atom. The molecule has 0 spiro atoms. The summed E-state index contributed by atoms with van der Waals surface area (Å²) in [6.07, 6.45) is 1.11. The van der Waals surface area contributed by atoms with Crippen LogP contribution in [0.2, 0.25) is 0 Å². The highest BCUT2D eigenvalue weighted by atomic mass is 16.5. The second kappa shape index (κ2) is 5.08. The molecule has 0 aliphatic carbocycles. The fourth-order valence-electron chi connectivity index (χ4n) is 2.78. The van der Waals surface area contributed by atoms with Gasteiger partial charge in [0.15, 0.2) is 0 Å². The van der Waals surface area contributed by atoms with Gasteiger partial charge in [-0.1, -0.05) is 6.92 Å². The molecule has 3 aromatic rings. The largest absolute Gasteiger partial charge is 0.497 e. The van der Waals surface area contributed by atoms with E-state index in [9.17, 15) is 0 Å². The van der Waals surface area contributed by atoms with E-state index in [2.05, 4.69) is 35.8 Å². The fraction of sp³-hybridized carbons (Fsp3) is 0.294. The van der Waals surface area contributed by atoms with Gasteiger partial charge in [0.05, 0.1) is 14.2 Å². The molecular weight excluding hydrogens is 250 g/mol. The minimum Gasteiger partial charge on any atom is -0.497 e. The van der Waals surface area contributed by atoms with Crippen LogP contribution in [0.5, 0.6) is 11.5 Å². The zero-order chi connectivity index (χ0) is 14.1. The number of benzene rings is 2. The molecule has 3 heteroatoms. The molecule has 0 fully saturated rings. The Hall–Kier alpha value is -2.16. The SMILES string of the molecule is CCCn1c2ccc(OC)cc2c2cc(OC)ccc21. The van der Waals surface area contributed by atoms with Crippen molar-refractivity contribution < 1.29 is 9.47 Å². The number of hydrogen-bond acceptors (Lipinski definition) is 2. The van der Waals surface area contributed by atoms with Crippen LogP contribution in [0.1, 0.15) is 13.3 Å². The molecule has 1 heterocycles. The lowest BCUT2D eigenvalue weighted by molar-refractivity contribution is 0.415. The number of nitrogens with zero attached hydrogens (tertiary/aromatic N) is 1. The summed E-state index contributed by atoms with van der Waals surface area (Å²) in [6.45, 7) is 3.21. The third-order valence-corrected chi connectivity index (χ3v) is 3.73. The van der Waals surface area contributed by atoms with E-state index < -0.39 is 0 Å². The van der Waals surface area contributed by atoms with E-state index in [-0.39, 0.29) is 0 Å². The first-order valence-electron chi connectivity index (χ1n) is 6.92. The van der Waals surface area contributed by atoms with Crippen LogP contribution >= 0.6 is 0 Å². The van der Waals surface area contributed by atoms with Crippen molar-refractivity contribution >= 4 is 21.8 Å². The lowest BCUT2D eigenvalue weighted by Crippen LogP contribution is -1.95. The van der Waals surface area contributed by atoms with Crippen molar-refractivity contribution in [3.63, 3.8) is 0 Å². The molecule has 104 valence electrons. The van der Waals surface area contributed by atoms with Crippen LogP contribution in [0.15, 0.2) is 36.4 Å². The molecule has 0 atom stereocenters. The van der Waals surface area contributed by atoms with Crippen LogP contribution < -0.4 is 9.47 Å². The molecule has 0 aliphatic heterocycles. The Balaban J connectivity index is 2.39. The lowest BCUT2D eigenvalue weighted by atomic mass is 10.1. The van der Waals surface area contributed by atoms with Crippen molar-refractivity contribution in [2.45, 2.75) is 19.9 Å². The number of rotatable bonds is 4. The number of fused-ring (bicyclic) bond motifs is 3. The normalized spacial score (nSPS) is 11.2. The van der Waals surface area contributed by atoms with E-state index in [1.807, 2.05) is 12.1 Å². The summed E-state index contributed by atoms with van der Waals surface area (Å²) in [7, 11) is 3.40. The van der Waals surface area contributed by atoms with E-state index in [4.69, 9.17) is 9.47 Å². The predicted octanol–water partition coefficient (Wildman–Crippen LogP) is 4.22. The third kappa shape index (κ3) is 1.90. The summed E-state index contributed by atoms with van der Waals surface area (Å²) < 4.78 is 13.1. The zero-order valence-corrected chi connectivity index (χ0v) is 12.1. The molecule has 3 rings (SSSR count). The molecule has 1 aromatic heterocycles. The zero-order valence-electron chi connectivity index (χ0n) is 12.1. The number of aromatic nitrogens is 1. The summed E-state index contributed by atoms with van der Waals surface area (Å²) in [5.41, 5.74) is 2.49. The summed E-state index contributed by atoms with van der Waals surface area (Å²) in [4.78, 5) is 0. The molecule has 0 saturated heterocycles. The first kappa shape index (κ1) is 12.9. The van der Waals surface area contributed by atoms with Crippen molar-refractivity contribution in [1.82, 2.24) is 4.57 Å². The van der Waals surface area contributed by atoms with Gasteiger partial charge in [0.2, 0.25) is 0 Å². The smallest absolute Gasteiger partial charge is 0.119 e. The molecule has 0 radical (unpaired) electrons. The average Bonchev–Trinajstić information content (AvgIpc) is 2.80. The third-order valence-electron chi connectivity index (χ3n) is 3.73. The molecule has 0 unspecified atom stereocenters. The molecule has 0 aliphatic rings. The Morgan fingerprint density at radius 3 is 1.75 bits per heavy atom. The van der Waals surface area contributed by atoms with Gasteiger partial charge >= 0.3 is 0 Å². The van der Waals surface area contributed by atoms with Gasteiger partial charge in [-0.2, -0.15) is 0 Å². The van der Waals surface area contributed by atoms with Crippen LogP contribution in [-0.4, -0.2) is 18.8 Å². The van der Waals surface area contributed by atoms with Crippen molar-refractivity contribution in [3.8, 4) is 11.5 Å². The Morgan fingerprint density at radius 1 is 0.850 bits per heavy atom. The summed E-state index contributed by atoms with van der Waals surface area (Å²) >= 11 is 0. The monoisotopic (exact) mass is 269 g/mol. The van der Waals surface area contributed by atoms with Gasteiger partial charge in [0.1, 0.15) is 11.5 Å². The molecule has 2 aromatic carbocycles. The van der Waals surface area contributed by atoms with Crippen molar-refractivity contribution in [2.24, 2.45) is 0 Å². The highest BCUT2D eigenvalue weighted by molar-refractivity contribution is 6.09. The van der Waals surface area contributed by atoms with E-state index in [1.54, 1.807) is 14.2 Å². The van der Waals surface area contributed by atoms with Crippen LogP contribution in [-0.2, 0) is 6.54 Å². The fourth-order valence-corrected chi connectivity index (χ4v) is 2.78. The van der Waals surface area contributed by atoms with Crippen LogP contribution in [0, 0.1) is 0 Å². The maximum Gasteiger partial charge on any atom is 0.119 e. The van der Waals surface area contributed by atoms with Crippen LogP contribution in [0.4, 0.5) is 0 Å². The Labute approximate surface area is 118 Å². The Bertz CT molecular complexity index is 697. The van der Waals surface area contributed by atoms with Gasteiger partial charge in [0.25, 0.3) is 0 Å². The van der Waals surface area contributed by atoms with E-state index in [1.165, 1.54) is 21.8 Å². The predicted molar refractivity (Wildman–Crippen MR) is 82.8 cm³/mol. The molecule has 3 nitrogen and oxygen atoms in total. The average molecular weight is 269 g/mol. The molecule has 0 N–H and O–H groups in total. The minimum absolute atomic E-state index is 0.885. The van der Waals surface area contributed by atoms with Crippen molar-refractivity contribution in [3.05, 3.63) is 36.4 Å². The maximum absolute atomic E-state index is 5.36. The first-order valence-corrected chi connectivity index (χ1v) is 6.92. The van der Waals surface area contributed by atoms with Crippen LogP contribution in [0.25, 0.3) is 21.8 Å². The molecular formula is C17H19NO2. The van der Waals surface area contributed by atoms with Gasteiger partial charge in [-0.15, -0.1) is 0 Å². The lowest BCUT2D eigenvalue weighted by Gasteiger charge is -2.06. The van der Waals surface area contributed by atoms with Gasteiger partial charge in [-0.05, 0) is 42.8 Å². The van der Waals surface area contributed by atoms with E-state index >= 15 is 0 Å². The van der Waals surface area contributed by atoms with E-state index in [0.717, 1.165) is 24.5 Å². The highest BCUT2D eigenvalue weighted by Gasteiger charge is 2.11. The topological polar surface area (TPSA) is 23.4 Å². The second-order valence-electron chi connectivity index (χ2n) is 4.92. The molecule has 0 bridgehead atoms. The highest BCUT2D eigenvalue weighted by Crippen LogP contribution is 2.34. The minimum atomic E-state index is 0.885. The second-order valence-corrected chi connectivity index (χ2v) is 4.92. The molecule has 0 amide bonds. The number of methoxy groups -OCH3 is 2. The maximum atomic E-state index is 5.36. The van der Waals surface area contributed by atoms with Gasteiger partial charge in [-0.3, -0.25) is 0 Å².